The number of unbranched alkanes of at least 4 members (excludes halogenated alkanes) is 14. The minimum absolute atomic E-state index is 0.000937. The van der Waals surface area contributed by atoms with Gasteiger partial charge in [0.15, 0.2) is 0 Å². The molecule has 68 heavy (non-hydrogen) atoms. The Balaban J connectivity index is 4.02. The van der Waals surface area contributed by atoms with Crippen molar-refractivity contribution in [3.8, 4) is 0 Å². The minimum atomic E-state index is -0.782. The van der Waals surface area contributed by atoms with Gasteiger partial charge in [-0.1, -0.05) is 102 Å². The minimum Gasteiger partial charge on any atom is -0.469 e. The Hall–Kier alpha value is -3.82. The Morgan fingerprint density at radius 2 is 0.912 bits per heavy atom. The van der Waals surface area contributed by atoms with E-state index < -0.39 is 36.4 Å². The lowest BCUT2D eigenvalue weighted by molar-refractivity contribution is -0.157. The van der Waals surface area contributed by atoms with Gasteiger partial charge in [0, 0.05) is 58.2 Å². The van der Waals surface area contributed by atoms with Crippen molar-refractivity contribution in [3.05, 3.63) is 24.3 Å². The van der Waals surface area contributed by atoms with Crippen molar-refractivity contribution in [2.24, 2.45) is 0 Å². The molecule has 0 aliphatic heterocycles. The summed E-state index contributed by atoms with van der Waals surface area (Å²) in [5.41, 5.74) is 0. The average molecular weight is 966 g/mol. The third kappa shape index (κ3) is 41.2. The van der Waals surface area contributed by atoms with Crippen molar-refractivity contribution in [1.82, 2.24) is 15.5 Å². The fourth-order valence-corrected chi connectivity index (χ4v) is 7.32. The first-order valence-corrected chi connectivity index (χ1v) is 26.3. The average Bonchev–Trinajstić information content (AvgIpc) is 3.30. The maximum absolute atomic E-state index is 12.5. The molecule has 0 heterocycles. The Morgan fingerprint density at radius 3 is 1.34 bits per heavy atom. The van der Waals surface area contributed by atoms with Crippen LogP contribution in [0.4, 0.5) is 0 Å². The molecule has 0 rings (SSSR count). The number of carbonyl (C=O) groups is 6. The molecule has 15 heteroatoms. The molecule has 15 nitrogen and oxygen atoms in total. The number of rotatable bonds is 46. The highest BCUT2D eigenvalue weighted by molar-refractivity contribution is 5.77. The van der Waals surface area contributed by atoms with Gasteiger partial charge in [0.25, 0.3) is 0 Å². The number of nitrogens with one attached hydrogen (secondary N) is 2. The third-order valence-corrected chi connectivity index (χ3v) is 11.6. The first-order valence-electron chi connectivity index (χ1n) is 26.3. The lowest BCUT2D eigenvalue weighted by atomic mass is 10.0. The quantitative estimate of drug-likeness (QED) is 0.0195. The van der Waals surface area contributed by atoms with Gasteiger partial charge in [0.1, 0.15) is 18.8 Å². The Morgan fingerprint density at radius 1 is 0.500 bits per heavy atom. The maximum atomic E-state index is 12.5. The summed E-state index contributed by atoms with van der Waals surface area (Å²) in [5.74, 6) is -1.49. The van der Waals surface area contributed by atoms with E-state index in [1.54, 1.807) is 0 Å². The number of aliphatic hydroxyl groups excluding tert-OH is 2. The van der Waals surface area contributed by atoms with E-state index in [2.05, 4.69) is 41.4 Å². The van der Waals surface area contributed by atoms with E-state index in [1.807, 2.05) is 31.1 Å². The summed E-state index contributed by atoms with van der Waals surface area (Å²) in [6.45, 7) is 5.99. The molecule has 0 fully saturated rings. The molecular weight excluding hydrogens is 871 g/mol. The van der Waals surface area contributed by atoms with Crippen LogP contribution in [0.3, 0.4) is 0 Å². The molecule has 0 aliphatic carbocycles. The fraction of sp³-hybridized carbons (Fsp3) is 0.811. The van der Waals surface area contributed by atoms with Crippen LogP contribution in [0.1, 0.15) is 206 Å². The molecule has 0 aromatic carbocycles. The molecule has 0 saturated heterocycles. The van der Waals surface area contributed by atoms with Crippen molar-refractivity contribution in [2.45, 2.75) is 231 Å². The first kappa shape index (κ1) is 64.2. The number of nitrogens with zero attached hydrogens (tertiary/aromatic N) is 1. The van der Waals surface area contributed by atoms with Crippen LogP contribution < -0.4 is 10.6 Å². The third-order valence-electron chi connectivity index (χ3n) is 11.6. The molecule has 0 spiro atoms. The number of carbonyl (C=O) groups excluding carboxylic acids is 6. The number of allylic oxidation sites excluding steroid dienone is 2. The van der Waals surface area contributed by atoms with E-state index in [4.69, 9.17) is 14.2 Å². The van der Waals surface area contributed by atoms with E-state index in [-0.39, 0.29) is 49.4 Å². The molecule has 0 aromatic rings. The van der Waals surface area contributed by atoms with Crippen LogP contribution in [0.15, 0.2) is 24.3 Å². The summed E-state index contributed by atoms with van der Waals surface area (Å²) in [7, 11) is 5.12. The second-order valence-electron chi connectivity index (χ2n) is 18.2. The summed E-state index contributed by atoms with van der Waals surface area (Å²) < 4.78 is 21.0. The van der Waals surface area contributed by atoms with Gasteiger partial charge < -0.3 is 44.7 Å². The number of amides is 2. The molecule has 0 aliphatic rings. The normalized spacial score (nSPS) is 13.3. The molecule has 0 aromatic heterocycles. The second kappa shape index (κ2) is 45.6. The van der Waals surface area contributed by atoms with E-state index in [1.165, 1.54) is 7.11 Å². The fourth-order valence-electron chi connectivity index (χ4n) is 7.32. The van der Waals surface area contributed by atoms with Crippen molar-refractivity contribution in [2.75, 3.05) is 47.4 Å². The highest BCUT2D eigenvalue weighted by atomic mass is 16.6. The van der Waals surface area contributed by atoms with Crippen LogP contribution in [-0.2, 0) is 47.7 Å². The zero-order valence-corrected chi connectivity index (χ0v) is 43.1. The van der Waals surface area contributed by atoms with Crippen LogP contribution in [0.5, 0.6) is 0 Å². The predicted octanol–water partition coefficient (Wildman–Crippen LogP) is 8.90. The molecule has 0 saturated carbocycles. The van der Waals surface area contributed by atoms with Crippen LogP contribution in [-0.4, -0.2) is 123 Å². The molecule has 0 radical (unpaired) electrons. The van der Waals surface area contributed by atoms with Gasteiger partial charge in [-0.15, -0.1) is 0 Å². The molecule has 4 N–H and O–H groups in total. The second-order valence-corrected chi connectivity index (χ2v) is 18.2. The Bertz CT molecular complexity index is 1370. The smallest absolute Gasteiger partial charge is 0.306 e. The monoisotopic (exact) mass is 966 g/mol. The van der Waals surface area contributed by atoms with E-state index in [9.17, 15) is 39.0 Å². The molecular formula is C53H95N3O12. The van der Waals surface area contributed by atoms with E-state index >= 15 is 0 Å². The van der Waals surface area contributed by atoms with Crippen molar-refractivity contribution in [3.63, 3.8) is 0 Å². The summed E-state index contributed by atoms with van der Waals surface area (Å²) in [6.07, 6.45) is 26.9. The maximum Gasteiger partial charge on any atom is 0.306 e. The number of esters is 4. The summed E-state index contributed by atoms with van der Waals surface area (Å²) in [6, 6.07) is 0. The van der Waals surface area contributed by atoms with Crippen molar-refractivity contribution in [1.29, 1.82) is 0 Å². The topological polar surface area (TPSA) is 207 Å². The van der Waals surface area contributed by atoms with Gasteiger partial charge in [0.05, 0.1) is 19.3 Å². The van der Waals surface area contributed by atoms with Gasteiger partial charge in [-0.2, -0.15) is 0 Å². The highest BCUT2D eigenvalue weighted by Gasteiger charge is 2.24. The number of methoxy groups -OCH3 is 1. The lowest BCUT2D eigenvalue weighted by Crippen LogP contribution is -2.34. The van der Waals surface area contributed by atoms with Crippen LogP contribution in [0.25, 0.3) is 0 Å². The molecule has 2 amide bonds. The summed E-state index contributed by atoms with van der Waals surface area (Å²) in [4.78, 5) is 74.4. The zero-order valence-electron chi connectivity index (χ0n) is 43.1. The standard InChI is InChI=1S/C53H95N3O12/c1-6-8-22-32-46(67-52(63)38-28-36-50(61)65-5)44(57)30-24-18-14-10-12-16-20-26-34-48(59)54-40-41-55-49(60)35-27-21-17-13-11-15-19-25-31-45(58)47(33-23-9-7-2)68-53(64)39-29-37-51(62)66-43-42-56(3)4/h18-19,24-25,44-47,57-58H,6-17,20-23,26-43H2,1-5H3,(H,54,59)(H,55,60)/b24-18+,25-19-. The molecule has 394 valence electrons. The van der Waals surface area contributed by atoms with Gasteiger partial charge in [-0.3, -0.25) is 28.8 Å². The highest BCUT2D eigenvalue weighted by Crippen LogP contribution is 2.18. The molecule has 4 unspecified atom stereocenters. The van der Waals surface area contributed by atoms with E-state index in [0.717, 1.165) is 116 Å². The van der Waals surface area contributed by atoms with Crippen LogP contribution >= 0.6 is 0 Å². The number of aliphatic hydroxyl groups is 2. The van der Waals surface area contributed by atoms with Gasteiger partial charge in [0.2, 0.25) is 11.8 Å². The first-order chi connectivity index (χ1) is 32.8. The zero-order chi connectivity index (χ0) is 50.5. The SMILES string of the molecule is CCCCCC(OC(=O)CCCC(=O)OCCN(C)C)C(O)C/C=C\CCCCCCCC(=O)NCCNC(=O)CCCCCCC/C=C/CC(O)C(CCCCC)OC(=O)CCCC(=O)OC. The number of ether oxygens (including phenoxy) is 4. The number of hydrogen-bond donors (Lipinski definition) is 4. The number of hydrogen-bond acceptors (Lipinski definition) is 13. The Kier molecular flexibility index (Phi) is 43.1. The van der Waals surface area contributed by atoms with Gasteiger partial charge in [-0.25, -0.2) is 0 Å². The Labute approximate surface area is 410 Å². The molecule has 4 atom stereocenters. The lowest BCUT2D eigenvalue weighted by Gasteiger charge is -2.22. The largest absolute Gasteiger partial charge is 0.469 e. The van der Waals surface area contributed by atoms with Crippen LogP contribution in [0, 0.1) is 0 Å². The summed E-state index contributed by atoms with van der Waals surface area (Å²) >= 11 is 0. The number of likely N-dealkylation sites (N-methyl/N-ethyl adjacent to an activating group) is 1. The van der Waals surface area contributed by atoms with Gasteiger partial charge >= 0.3 is 23.9 Å². The summed E-state index contributed by atoms with van der Waals surface area (Å²) in [5, 5.41) is 27.3. The van der Waals surface area contributed by atoms with E-state index in [0.29, 0.717) is 77.6 Å². The van der Waals surface area contributed by atoms with Crippen LogP contribution in [0.2, 0.25) is 0 Å². The van der Waals surface area contributed by atoms with Crippen molar-refractivity contribution < 1.29 is 57.9 Å². The van der Waals surface area contributed by atoms with Gasteiger partial charge in [-0.05, 0) is 104 Å². The molecule has 0 bridgehead atoms. The predicted molar refractivity (Wildman–Crippen MR) is 267 cm³/mol. The van der Waals surface area contributed by atoms with Crippen molar-refractivity contribution >= 4 is 35.7 Å².